The Morgan fingerprint density at radius 2 is 1.81 bits per heavy atom. The van der Waals surface area contributed by atoms with E-state index in [1.807, 2.05) is 13.2 Å². The molecule has 0 saturated carbocycles. The maximum Gasteiger partial charge on any atom is 0.143 e. The summed E-state index contributed by atoms with van der Waals surface area (Å²) in [5.74, 6) is 1.41. The lowest BCUT2D eigenvalue weighted by molar-refractivity contribution is 0.209. The van der Waals surface area contributed by atoms with E-state index in [1.165, 1.54) is 5.56 Å². The number of fused-ring (bicyclic) bond motifs is 2. The molecular weight excluding hydrogens is 386 g/mol. The molecule has 1 fully saturated rings. The van der Waals surface area contributed by atoms with Crippen molar-refractivity contribution in [2.45, 2.75) is 39.7 Å². The van der Waals surface area contributed by atoms with Crippen LogP contribution in [0.4, 0.5) is 5.82 Å². The largest absolute Gasteiger partial charge is 0.354 e. The van der Waals surface area contributed by atoms with Crippen molar-refractivity contribution in [3.63, 3.8) is 0 Å². The fourth-order valence-corrected chi connectivity index (χ4v) is 4.81. The summed E-state index contributed by atoms with van der Waals surface area (Å²) in [6.45, 7) is 13.2. The molecule has 7 nitrogen and oxygen atoms in total. The van der Waals surface area contributed by atoms with E-state index in [4.69, 9.17) is 4.98 Å². The number of hydrogen-bond acceptors (Lipinski definition) is 5. The fourth-order valence-electron chi connectivity index (χ4n) is 4.81. The molecule has 31 heavy (non-hydrogen) atoms. The van der Waals surface area contributed by atoms with Crippen molar-refractivity contribution < 1.29 is 0 Å². The van der Waals surface area contributed by atoms with Gasteiger partial charge in [-0.15, -0.1) is 0 Å². The number of aromatic nitrogens is 5. The van der Waals surface area contributed by atoms with Crippen molar-refractivity contribution in [1.29, 1.82) is 0 Å². The van der Waals surface area contributed by atoms with Crippen LogP contribution in [0.2, 0.25) is 0 Å². The normalized spacial score (nSPS) is 15.8. The van der Waals surface area contributed by atoms with Crippen molar-refractivity contribution in [2.24, 2.45) is 7.05 Å². The summed E-state index contributed by atoms with van der Waals surface area (Å²) >= 11 is 0. The number of hydrogen-bond donors (Lipinski definition) is 1. The number of H-pyrrole nitrogens is 1. The summed E-state index contributed by atoms with van der Waals surface area (Å²) in [4.78, 5) is 22.5. The van der Waals surface area contributed by atoms with Crippen LogP contribution < -0.4 is 4.90 Å². The summed E-state index contributed by atoms with van der Waals surface area (Å²) < 4.78 is 2.06. The quantitative estimate of drug-likeness (QED) is 0.540. The zero-order valence-corrected chi connectivity index (χ0v) is 19.1. The van der Waals surface area contributed by atoms with E-state index < -0.39 is 0 Å². The number of pyridine rings is 1. The molecule has 5 heterocycles. The van der Waals surface area contributed by atoms with Crippen molar-refractivity contribution in [3.8, 4) is 11.3 Å². The summed E-state index contributed by atoms with van der Waals surface area (Å²) in [6, 6.07) is 4.94. The Labute approximate surface area is 183 Å². The third-order valence-corrected chi connectivity index (χ3v) is 6.52. The fraction of sp³-hybridized carbons (Fsp3) is 0.458. The number of nitrogens with one attached hydrogen (secondary N) is 1. The van der Waals surface area contributed by atoms with Gasteiger partial charge in [0.2, 0.25) is 0 Å². The summed E-state index contributed by atoms with van der Waals surface area (Å²) in [5.41, 5.74) is 6.61. The van der Waals surface area contributed by atoms with E-state index in [0.717, 1.165) is 65.3 Å². The van der Waals surface area contributed by atoms with E-state index in [9.17, 15) is 0 Å². The number of piperazine rings is 1. The number of aromatic amines is 1. The van der Waals surface area contributed by atoms with Gasteiger partial charge >= 0.3 is 0 Å². The highest BCUT2D eigenvalue weighted by molar-refractivity contribution is 5.98. The van der Waals surface area contributed by atoms with Gasteiger partial charge in [0.15, 0.2) is 0 Å². The van der Waals surface area contributed by atoms with Crippen LogP contribution in [0, 0.1) is 0 Å². The lowest BCUT2D eigenvalue weighted by Crippen LogP contribution is -2.49. The van der Waals surface area contributed by atoms with E-state index in [2.05, 4.69) is 75.3 Å². The molecular formula is C24H31N7. The van der Waals surface area contributed by atoms with Gasteiger partial charge in [0.1, 0.15) is 17.8 Å². The zero-order chi connectivity index (χ0) is 21.7. The predicted octanol–water partition coefficient (Wildman–Crippen LogP) is 4.17. The summed E-state index contributed by atoms with van der Waals surface area (Å²) in [7, 11) is 2.03. The molecule has 0 aliphatic carbocycles. The highest BCUT2D eigenvalue weighted by Crippen LogP contribution is 2.38. The van der Waals surface area contributed by atoms with Gasteiger partial charge in [0.25, 0.3) is 0 Å². The van der Waals surface area contributed by atoms with Crippen molar-refractivity contribution in [3.05, 3.63) is 36.4 Å². The van der Waals surface area contributed by atoms with Crippen molar-refractivity contribution in [1.82, 2.24) is 29.4 Å². The molecule has 1 aliphatic rings. The molecule has 4 aromatic rings. The van der Waals surface area contributed by atoms with Crippen molar-refractivity contribution in [2.75, 3.05) is 31.1 Å². The molecule has 7 heteroatoms. The monoisotopic (exact) mass is 417 g/mol. The number of aryl methyl sites for hydroxylation is 1. The molecule has 162 valence electrons. The van der Waals surface area contributed by atoms with Crippen LogP contribution in [0.25, 0.3) is 33.3 Å². The summed E-state index contributed by atoms with van der Waals surface area (Å²) in [5, 5.41) is 1.06. The molecule has 1 aliphatic heterocycles. The maximum absolute atomic E-state index is 5.16. The average molecular weight is 418 g/mol. The third kappa shape index (κ3) is 3.37. The number of rotatable bonds is 4. The second-order valence-corrected chi connectivity index (χ2v) is 9.16. The van der Waals surface area contributed by atoms with Crippen LogP contribution in [-0.2, 0) is 7.05 Å². The Balaban J connectivity index is 1.59. The molecule has 0 unspecified atom stereocenters. The predicted molar refractivity (Wildman–Crippen MR) is 127 cm³/mol. The Bertz CT molecular complexity index is 1230. The smallest absolute Gasteiger partial charge is 0.143 e. The molecule has 0 atom stereocenters. The van der Waals surface area contributed by atoms with Crippen LogP contribution in [0.1, 0.15) is 39.2 Å². The van der Waals surface area contributed by atoms with Gasteiger partial charge in [0, 0.05) is 68.2 Å². The Kier molecular flexibility index (Phi) is 4.93. The lowest BCUT2D eigenvalue weighted by Gasteiger charge is -2.37. The molecule has 5 rings (SSSR count). The van der Waals surface area contributed by atoms with Gasteiger partial charge in [-0.3, -0.25) is 4.90 Å². The molecule has 0 radical (unpaired) electrons. The van der Waals surface area contributed by atoms with Gasteiger partial charge < -0.3 is 14.5 Å². The lowest BCUT2D eigenvalue weighted by atomic mass is 9.98. The van der Waals surface area contributed by atoms with Gasteiger partial charge in [-0.25, -0.2) is 15.0 Å². The van der Waals surface area contributed by atoms with Gasteiger partial charge in [-0.2, -0.15) is 0 Å². The molecule has 1 N–H and O–H groups in total. The Morgan fingerprint density at radius 3 is 2.52 bits per heavy atom. The van der Waals surface area contributed by atoms with Crippen LogP contribution >= 0.6 is 0 Å². The van der Waals surface area contributed by atoms with E-state index in [1.54, 1.807) is 6.33 Å². The minimum Gasteiger partial charge on any atom is -0.354 e. The SMILES string of the molecule is CC(C)c1c(-c2cn(C)c3ncncc23)[nH]c2ccc(N3CCN(C(C)C)CC3)nc12. The molecule has 4 aromatic heterocycles. The molecule has 0 spiro atoms. The van der Waals surface area contributed by atoms with Crippen LogP contribution in [0.5, 0.6) is 0 Å². The maximum atomic E-state index is 5.16. The van der Waals surface area contributed by atoms with E-state index >= 15 is 0 Å². The molecule has 0 amide bonds. The van der Waals surface area contributed by atoms with E-state index in [0.29, 0.717) is 12.0 Å². The standard InChI is InChI=1S/C24H31N7/c1-15(2)21-22(18-13-29(5)24-17(18)12-25-14-26-24)27-19-6-7-20(28-23(19)21)31-10-8-30(9-11-31)16(3)4/h6-7,12-16,27H,8-11H2,1-5H3. The molecule has 0 aromatic carbocycles. The van der Waals surface area contributed by atoms with Crippen LogP contribution in [-0.4, -0.2) is 61.6 Å². The Hall–Kier alpha value is -2.93. The minimum atomic E-state index is 0.337. The highest BCUT2D eigenvalue weighted by Gasteiger charge is 2.23. The van der Waals surface area contributed by atoms with Crippen LogP contribution in [0.15, 0.2) is 30.9 Å². The van der Waals surface area contributed by atoms with Gasteiger partial charge in [-0.1, -0.05) is 13.8 Å². The van der Waals surface area contributed by atoms with Crippen molar-refractivity contribution >= 4 is 27.9 Å². The first kappa shape index (κ1) is 20.0. The second-order valence-electron chi connectivity index (χ2n) is 9.16. The summed E-state index contributed by atoms with van der Waals surface area (Å²) in [6.07, 6.45) is 5.65. The van der Waals surface area contributed by atoms with Crippen LogP contribution in [0.3, 0.4) is 0 Å². The highest BCUT2D eigenvalue weighted by atomic mass is 15.3. The Morgan fingerprint density at radius 1 is 1.03 bits per heavy atom. The second kappa shape index (κ2) is 7.64. The zero-order valence-electron chi connectivity index (χ0n) is 19.1. The van der Waals surface area contributed by atoms with Gasteiger partial charge in [-0.05, 0) is 31.9 Å². The number of anilines is 1. The van der Waals surface area contributed by atoms with E-state index in [-0.39, 0.29) is 0 Å². The first-order chi connectivity index (χ1) is 14.9. The molecule has 0 bridgehead atoms. The third-order valence-electron chi connectivity index (χ3n) is 6.52. The minimum absolute atomic E-state index is 0.337. The van der Waals surface area contributed by atoms with Gasteiger partial charge in [0.05, 0.1) is 16.7 Å². The number of nitrogens with zero attached hydrogens (tertiary/aromatic N) is 6. The first-order valence-electron chi connectivity index (χ1n) is 11.2. The molecule has 1 saturated heterocycles. The average Bonchev–Trinajstić information content (AvgIpc) is 3.31. The topological polar surface area (TPSA) is 65.9 Å². The first-order valence-corrected chi connectivity index (χ1v) is 11.2.